The zero-order valence-corrected chi connectivity index (χ0v) is 15.9. The molecule has 8 heteroatoms. The van der Waals surface area contributed by atoms with Gasteiger partial charge in [0.25, 0.3) is 0 Å². The van der Waals surface area contributed by atoms with Crippen LogP contribution in [0.15, 0.2) is 53.1 Å². The maximum atomic E-state index is 13.1. The van der Waals surface area contributed by atoms with Crippen molar-refractivity contribution in [3.63, 3.8) is 0 Å². The van der Waals surface area contributed by atoms with Gasteiger partial charge in [-0.3, -0.25) is 4.90 Å². The lowest BCUT2D eigenvalue weighted by atomic mass is 10.2. The first-order chi connectivity index (χ1) is 14.2. The Bertz CT molecular complexity index is 915. The van der Waals surface area contributed by atoms with Gasteiger partial charge < -0.3 is 14.2 Å². The zero-order chi connectivity index (χ0) is 20.1. The van der Waals surface area contributed by atoms with Crippen LogP contribution in [0.4, 0.5) is 14.5 Å². The molecular weight excluding hydrogens is 378 g/mol. The summed E-state index contributed by atoms with van der Waals surface area (Å²) in [6, 6.07) is 12.4. The lowest BCUT2D eigenvalue weighted by molar-refractivity contribution is 0.238. The molecule has 0 spiro atoms. The number of rotatable bonds is 6. The van der Waals surface area contributed by atoms with Crippen LogP contribution >= 0.6 is 0 Å². The van der Waals surface area contributed by atoms with Crippen LogP contribution in [0.3, 0.4) is 0 Å². The number of ether oxygens (including phenoxy) is 1. The number of benzene rings is 2. The van der Waals surface area contributed by atoms with E-state index < -0.39 is 0 Å². The number of halogens is 2. The van der Waals surface area contributed by atoms with Gasteiger partial charge in [0, 0.05) is 31.9 Å². The third-order valence-electron chi connectivity index (χ3n) is 4.83. The molecule has 4 rings (SSSR count). The summed E-state index contributed by atoms with van der Waals surface area (Å²) < 4.78 is 36.9. The van der Waals surface area contributed by atoms with E-state index in [-0.39, 0.29) is 18.2 Å². The topological polar surface area (TPSA) is 54.6 Å². The largest absolute Gasteiger partial charge is 0.485 e. The fraction of sp³-hybridized carbons (Fsp3) is 0.333. The summed E-state index contributed by atoms with van der Waals surface area (Å²) in [6.45, 7) is 4.26. The molecule has 1 saturated heterocycles. The van der Waals surface area contributed by atoms with Gasteiger partial charge in [0.2, 0.25) is 11.7 Å². The van der Waals surface area contributed by atoms with Crippen molar-refractivity contribution in [1.82, 2.24) is 15.0 Å². The molecule has 3 aromatic rings. The molecule has 1 aliphatic rings. The van der Waals surface area contributed by atoms with E-state index in [0.717, 1.165) is 38.3 Å². The fourth-order valence-electron chi connectivity index (χ4n) is 3.32. The van der Waals surface area contributed by atoms with Gasteiger partial charge in [0.05, 0.1) is 6.54 Å². The lowest BCUT2D eigenvalue weighted by Crippen LogP contribution is -2.30. The number of nitrogens with zero attached hydrogens (tertiary/aromatic N) is 4. The van der Waals surface area contributed by atoms with Gasteiger partial charge in [0.1, 0.15) is 17.4 Å². The van der Waals surface area contributed by atoms with Crippen LogP contribution in [0.5, 0.6) is 5.75 Å². The van der Waals surface area contributed by atoms with Crippen molar-refractivity contribution in [2.45, 2.75) is 19.6 Å². The second kappa shape index (κ2) is 9.00. The van der Waals surface area contributed by atoms with Crippen molar-refractivity contribution in [1.29, 1.82) is 0 Å². The number of hydrogen-bond acceptors (Lipinski definition) is 6. The highest BCUT2D eigenvalue weighted by Gasteiger charge is 2.18. The Morgan fingerprint density at radius 3 is 2.38 bits per heavy atom. The van der Waals surface area contributed by atoms with Gasteiger partial charge in [0.15, 0.2) is 6.61 Å². The Labute approximate surface area is 167 Å². The van der Waals surface area contributed by atoms with Gasteiger partial charge in [-0.2, -0.15) is 4.98 Å². The average molecular weight is 400 g/mol. The molecule has 2 heterocycles. The maximum absolute atomic E-state index is 13.1. The van der Waals surface area contributed by atoms with E-state index in [0.29, 0.717) is 24.0 Å². The molecule has 0 N–H and O–H groups in total. The van der Waals surface area contributed by atoms with Crippen molar-refractivity contribution in [3.8, 4) is 5.75 Å². The van der Waals surface area contributed by atoms with Crippen LogP contribution in [0.25, 0.3) is 0 Å². The first-order valence-corrected chi connectivity index (χ1v) is 9.58. The SMILES string of the molecule is Fc1ccc(OCc2noc(CN3CCCN(c4ccc(F)cc4)CC3)n2)cc1. The summed E-state index contributed by atoms with van der Waals surface area (Å²) in [5.74, 6) is 1.01. The lowest BCUT2D eigenvalue weighted by Gasteiger charge is -2.23. The average Bonchev–Trinajstić information content (AvgIpc) is 3.04. The quantitative estimate of drug-likeness (QED) is 0.630. The standard InChI is InChI=1S/C21H22F2N4O2/c22-16-2-6-18(7-3-16)27-11-1-10-26(12-13-27)14-21-24-20(25-29-21)15-28-19-8-4-17(23)5-9-19/h2-9H,1,10-15H2. The minimum absolute atomic E-state index is 0.160. The minimum atomic E-state index is -0.311. The number of aromatic nitrogens is 2. The minimum Gasteiger partial charge on any atom is -0.485 e. The molecule has 1 aromatic heterocycles. The first kappa shape index (κ1) is 19.3. The predicted molar refractivity (Wildman–Crippen MR) is 104 cm³/mol. The highest BCUT2D eigenvalue weighted by Crippen LogP contribution is 2.18. The number of anilines is 1. The highest BCUT2D eigenvalue weighted by atomic mass is 19.1. The second-order valence-corrected chi connectivity index (χ2v) is 6.94. The number of hydrogen-bond donors (Lipinski definition) is 0. The van der Waals surface area contributed by atoms with Crippen LogP contribution in [0.2, 0.25) is 0 Å². The molecule has 6 nitrogen and oxygen atoms in total. The Hall–Kier alpha value is -3.00. The van der Waals surface area contributed by atoms with Crippen molar-refractivity contribution in [2.75, 3.05) is 31.1 Å². The Morgan fingerprint density at radius 1 is 0.897 bits per heavy atom. The smallest absolute Gasteiger partial charge is 0.240 e. The summed E-state index contributed by atoms with van der Waals surface area (Å²) in [5, 5.41) is 3.95. The predicted octanol–water partition coefficient (Wildman–Crippen LogP) is 3.64. The first-order valence-electron chi connectivity index (χ1n) is 9.58. The van der Waals surface area contributed by atoms with Crippen molar-refractivity contribution in [3.05, 3.63) is 71.9 Å². The molecule has 0 saturated carbocycles. The van der Waals surface area contributed by atoms with Gasteiger partial charge in [-0.1, -0.05) is 5.16 Å². The molecule has 0 radical (unpaired) electrons. The summed E-state index contributed by atoms with van der Waals surface area (Å²) in [4.78, 5) is 8.91. The van der Waals surface area contributed by atoms with E-state index in [2.05, 4.69) is 19.9 Å². The monoisotopic (exact) mass is 400 g/mol. The molecule has 0 bridgehead atoms. The molecule has 0 unspecified atom stereocenters. The molecule has 1 aliphatic heterocycles. The summed E-state index contributed by atoms with van der Waals surface area (Å²) in [5.41, 5.74) is 1.03. The van der Waals surface area contributed by atoms with Crippen molar-refractivity contribution in [2.24, 2.45) is 0 Å². The van der Waals surface area contributed by atoms with Crippen LogP contribution < -0.4 is 9.64 Å². The molecule has 0 amide bonds. The van der Waals surface area contributed by atoms with E-state index in [1.807, 2.05) is 12.1 Å². The Kier molecular flexibility index (Phi) is 6.00. The molecule has 29 heavy (non-hydrogen) atoms. The Balaban J connectivity index is 1.28. The summed E-state index contributed by atoms with van der Waals surface area (Å²) in [6.07, 6.45) is 0.992. The zero-order valence-electron chi connectivity index (χ0n) is 15.9. The third kappa shape index (κ3) is 5.29. The van der Waals surface area contributed by atoms with E-state index in [9.17, 15) is 8.78 Å². The third-order valence-corrected chi connectivity index (χ3v) is 4.83. The van der Waals surface area contributed by atoms with Crippen LogP contribution in [-0.2, 0) is 13.2 Å². The van der Waals surface area contributed by atoms with Gasteiger partial charge in [-0.25, -0.2) is 8.78 Å². The van der Waals surface area contributed by atoms with Crippen molar-refractivity contribution < 1.29 is 18.0 Å². The van der Waals surface area contributed by atoms with Crippen LogP contribution in [-0.4, -0.2) is 41.2 Å². The maximum Gasteiger partial charge on any atom is 0.240 e. The highest BCUT2D eigenvalue weighted by molar-refractivity contribution is 5.46. The van der Waals surface area contributed by atoms with E-state index in [1.54, 1.807) is 12.1 Å². The van der Waals surface area contributed by atoms with Gasteiger partial charge in [-0.05, 0) is 55.0 Å². The Morgan fingerprint density at radius 2 is 1.62 bits per heavy atom. The molecule has 2 aromatic carbocycles. The second-order valence-electron chi connectivity index (χ2n) is 6.94. The fourth-order valence-corrected chi connectivity index (χ4v) is 3.32. The van der Waals surface area contributed by atoms with E-state index in [4.69, 9.17) is 9.26 Å². The van der Waals surface area contributed by atoms with Gasteiger partial charge in [-0.15, -0.1) is 0 Å². The van der Waals surface area contributed by atoms with Crippen LogP contribution in [0, 0.1) is 11.6 Å². The normalized spacial score (nSPS) is 15.3. The van der Waals surface area contributed by atoms with E-state index in [1.165, 1.54) is 24.3 Å². The van der Waals surface area contributed by atoms with Crippen molar-refractivity contribution >= 4 is 5.69 Å². The summed E-state index contributed by atoms with van der Waals surface area (Å²) in [7, 11) is 0. The molecular formula is C21H22F2N4O2. The molecule has 1 fully saturated rings. The molecule has 152 valence electrons. The molecule has 0 atom stereocenters. The molecule has 0 aliphatic carbocycles. The van der Waals surface area contributed by atoms with Crippen LogP contribution in [0.1, 0.15) is 18.1 Å². The van der Waals surface area contributed by atoms with Gasteiger partial charge >= 0.3 is 0 Å². The van der Waals surface area contributed by atoms with E-state index >= 15 is 0 Å². The summed E-state index contributed by atoms with van der Waals surface area (Å²) >= 11 is 0.